The van der Waals surface area contributed by atoms with Gasteiger partial charge in [-0.05, 0) is 65.7 Å². The van der Waals surface area contributed by atoms with E-state index in [-0.39, 0.29) is 10.1 Å². The highest BCUT2D eigenvalue weighted by Gasteiger charge is 2.47. The molecule has 1 heterocycles. The number of esters is 1. The Hall–Kier alpha value is -1.80. The van der Waals surface area contributed by atoms with Crippen molar-refractivity contribution in [3.8, 4) is 0 Å². The zero-order valence-corrected chi connectivity index (χ0v) is 18.3. The molecule has 1 saturated heterocycles. The minimum atomic E-state index is -1.90. The molecule has 1 aliphatic heterocycles. The Labute approximate surface area is 184 Å². The molecule has 0 radical (unpaired) electrons. The Morgan fingerprint density at radius 3 is 2.63 bits per heavy atom. The molecule has 0 bridgehead atoms. The van der Waals surface area contributed by atoms with Gasteiger partial charge in [0, 0.05) is 12.0 Å². The van der Waals surface area contributed by atoms with Crippen LogP contribution in [0.5, 0.6) is 0 Å². The Morgan fingerprint density at radius 1 is 1.20 bits per heavy atom. The van der Waals surface area contributed by atoms with Crippen molar-refractivity contribution in [3.63, 3.8) is 0 Å². The molecule has 4 atom stereocenters. The van der Waals surface area contributed by atoms with Gasteiger partial charge in [0.1, 0.15) is 17.8 Å². The largest absolute Gasteiger partial charge is 0.459 e. The highest BCUT2D eigenvalue weighted by atomic mass is 79.9. The maximum Gasteiger partial charge on any atom is 0.306 e. The number of aliphatic hydroxyl groups is 3. The molecule has 0 aromatic heterocycles. The minimum Gasteiger partial charge on any atom is -0.459 e. The van der Waals surface area contributed by atoms with Crippen LogP contribution < -0.4 is 0 Å². The van der Waals surface area contributed by atoms with Gasteiger partial charge in [0.15, 0.2) is 5.78 Å². The van der Waals surface area contributed by atoms with Gasteiger partial charge in [-0.25, -0.2) is 0 Å². The van der Waals surface area contributed by atoms with E-state index in [1.807, 2.05) is 30.3 Å². The number of allylic oxidation sites excluding steroid dienone is 1. The van der Waals surface area contributed by atoms with Crippen molar-refractivity contribution in [1.82, 2.24) is 0 Å². The molecular weight excluding hydrogens is 452 g/mol. The summed E-state index contributed by atoms with van der Waals surface area (Å²) in [6, 6.07) is 10.00. The number of carbonyl (C=O) groups is 2. The number of rotatable bonds is 8. The zero-order valence-electron chi connectivity index (χ0n) is 16.7. The van der Waals surface area contributed by atoms with Gasteiger partial charge in [0.05, 0.1) is 10.6 Å². The highest BCUT2D eigenvalue weighted by molar-refractivity contribution is 9.12. The van der Waals surface area contributed by atoms with E-state index in [1.54, 1.807) is 0 Å². The fourth-order valence-electron chi connectivity index (χ4n) is 3.92. The van der Waals surface area contributed by atoms with Gasteiger partial charge in [-0.1, -0.05) is 36.8 Å². The summed E-state index contributed by atoms with van der Waals surface area (Å²) in [5.41, 5.74) is -0.795. The molecule has 0 saturated carbocycles. The molecule has 3 N–H and O–H groups in total. The first-order valence-electron chi connectivity index (χ1n) is 10.3. The van der Waals surface area contributed by atoms with Gasteiger partial charge in [-0.3, -0.25) is 9.59 Å². The monoisotopic (exact) mass is 478 g/mol. The number of Topliss-reactive ketones (excluding diaryl/α,β-unsaturated/α-hetero) is 1. The van der Waals surface area contributed by atoms with E-state index in [4.69, 9.17) is 4.74 Å². The summed E-state index contributed by atoms with van der Waals surface area (Å²) in [5, 5.41) is 32.3. The molecule has 30 heavy (non-hydrogen) atoms. The summed E-state index contributed by atoms with van der Waals surface area (Å²) < 4.78 is 5.28. The van der Waals surface area contributed by atoms with Crippen molar-refractivity contribution < 1.29 is 29.6 Å². The predicted molar refractivity (Wildman–Crippen MR) is 115 cm³/mol. The number of ketones is 1. The van der Waals surface area contributed by atoms with Crippen molar-refractivity contribution >= 4 is 27.7 Å². The molecule has 7 heteroatoms. The number of halogens is 1. The lowest BCUT2D eigenvalue weighted by molar-refractivity contribution is -0.158. The Kier molecular flexibility index (Phi) is 7.63. The fourth-order valence-corrected chi connectivity index (χ4v) is 4.48. The first kappa shape index (κ1) is 22.9. The third kappa shape index (κ3) is 5.27. The second-order valence-electron chi connectivity index (χ2n) is 7.89. The SMILES string of the molecule is O=C1CCC[C@@H]([C@H](O)/C=C2\C(=O)C(Br)=C[C@@]2(O)[C@H](O)CCCCc2ccccc2)O1. The predicted octanol–water partition coefficient (Wildman–Crippen LogP) is 2.74. The van der Waals surface area contributed by atoms with Crippen LogP contribution in [-0.4, -0.2) is 51.0 Å². The molecule has 162 valence electrons. The number of aryl methyl sites for hydroxylation is 1. The molecule has 0 spiro atoms. The fraction of sp³-hybridized carbons (Fsp3) is 0.478. The van der Waals surface area contributed by atoms with E-state index in [0.29, 0.717) is 32.1 Å². The number of hydrogen-bond donors (Lipinski definition) is 3. The number of hydrogen-bond acceptors (Lipinski definition) is 6. The first-order valence-corrected chi connectivity index (χ1v) is 11.1. The topological polar surface area (TPSA) is 104 Å². The summed E-state index contributed by atoms with van der Waals surface area (Å²) in [6.45, 7) is 0. The van der Waals surface area contributed by atoms with Crippen molar-refractivity contribution in [1.29, 1.82) is 0 Å². The van der Waals surface area contributed by atoms with Crippen LogP contribution in [0.1, 0.15) is 44.1 Å². The number of aliphatic hydroxyl groups excluding tert-OH is 2. The van der Waals surface area contributed by atoms with Crippen molar-refractivity contribution in [2.24, 2.45) is 0 Å². The second kappa shape index (κ2) is 10.0. The average molecular weight is 479 g/mol. The van der Waals surface area contributed by atoms with Crippen LogP contribution in [0, 0.1) is 0 Å². The van der Waals surface area contributed by atoms with Gasteiger partial charge < -0.3 is 20.1 Å². The first-order chi connectivity index (χ1) is 14.3. The Morgan fingerprint density at radius 2 is 1.93 bits per heavy atom. The third-order valence-electron chi connectivity index (χ3n) is 5.65. The molecule has 2 aliphatic rings. The lowest BCUT2D eigenvalue weighted by Gasteiger charge is -2.30. The van der Waals surface area contributed by atoms with Crippen molar-refractivity contribution in [3.05, 3.63) is 58.1 Å². The molecule has 0 unspecified atom stereocenters. The van der Waals surface area contributed by atoms with Crippen LogP contribution in [0.25, 0.3) is 0 Å². The average Bonchev–Trinajstić information content (AvgIpc) is 2.96. The van der Waals surface area contributed by atoms with Gasteiger partial charge >= 0.3 is 5.97 Å². The van der Waals surface area contributed by atoms with Crippen molar-refractivity contribution in [2.45, 2.75) is 68.9 Å². The van der Waals surface area contributed by atoms with Gasteiger partial charge in [0.25, 0.3) is 0 Å². The molecular formula is C23H27BrO6. The van der Waals surface area contributed by atoms with Crippen LogP contribution >= 0.6 is 15.9 Å². The molecule has 1 aromatic rings. The van der Waals surface area contributed by atoms with Crippen molar-refractivity contribution in [2.75, 3.05) is 0 Å². The highest BCUT2D eigenvalue weighted by Crippen LogP contribution is 2.38. The Balaban J connectivity index is 1.65. The molecule has 1 aliphatic carbocycles. The summed E-state index contributed by atoms with van der Waals surface area (Å²) in [4.78, 5) is 24.0. The van der Waals surface area contributed by atoms with Gasteiger partial charge in [0.2, 0.25) is 0 Å². The Bertz CT molecular complexity index is 833. The molecule has 0 amide bonds. The van der Waals surface area contributed by atoms with Crippen LogP contribution in [0.15, 0.2) is 52.5 Å². The van der Waals surface area contributed by atoms with Crippen LogP contribution in [-0.2, 0) is 20.7 Å². The van der Waals surface area contributed by atoms with Crippen LogP contribution in [0.3, 0.4) is 0 Å². The maximum atomic E-state index is 12.5. The van der Waals surface area contributed by atoms with Crippen LogP contribution in [0.2, 0.25) is 0 Å². The van der Waals surface area contributed by atoms with Gasteiger partial charge in [-0.15, -0.1) is 0 Å². The summed E-state index contributed by atoms with van der Waals surface area (Å²) in [6.07, 6.45) is 3.29. The lowest BCUT2D eigenvalue weighted by atomic mass is 9.86. The lowest BCUT2D eigenvalue weighted by Crippen LogP contribution is -2.43. The quantitative estimate of drug-likeness (QED) is 0.301. The van der Waals surface area contributed by atoms with E-state index >= 15 is 0 Å². The zero-order chi connectivity index (χ0) is 21.7. The van der Waals surface area contributed by atoms with E-state index in [1.165, 1.54) is 17.7 Å². The molecule has 3 rings (SSSR count). The van der Waals surface area contributed by atoms with Gasteiger partial charge in [-0.2, -0.15) is 0 Å². The number of carbonyl (C=O) groups excluding carboxylic acids is 2. The summed E-state index contributed by atoms with van der Waals surface area (Å²) >= 11 is 3.13. The normalized spacial score (nSPS) is 27.7. The number of cyclic esters (lactones) is 1. The summed E-state index contributed by atoms with van der Waals surface area (Å²) in [5.74, 6) is -0.892. The van der Waals surface area contributed by atoms with E-state index in [2.05, 4.69) is 15.9 Å². The number of benzene rings is 1. The van der Waals surface area contributed by atoms with E-state index in [0.717, 1.165) is 12.8 Å². The number of unbranched alkanes of at least 4 members (excludes halogenated alkanes) is 1. The second-order valence-corrected chi connectivity index (χ2v) is 8.74. The van der Waals surface area contributed by atoms with Crippen LogP contribution in [0.4, 0.5) is 0 Å². The molecule has 1 aromatic carbocycles. The summed E-state index contributed by atoms with van der Waals surface area (Å²) in [7, 11) is 0. The smallest absolute Gasteiger partial charge is 0.306 e. The third-order valence-corrected chi connectivity index (χ3v) is 6.24. The standard InChI is InChI=1S/C23H27BrO6/c24-17-14-23(29,20(26)11-5-4-9-15-7-2-1-3-8-15)16(22(17)28)13-18(25)19-10-6-12-21(27)30-19/h1-3,7-8,13-14,18-20,25-26,29H,4-6,9-12H2/b16-13+/t18-,19+,20-,23+/m1/s1. The molecule has 6 nitrogen and oxygen atoms in total. The maximum absolute atomic E-state index is 12.5. The number of ether oxygens (including phenoxy) is 1. The molecule has 1 fully saturated rings. The van der Waals surface area contributed by atoms with E-state index < -0.39 is 35.7 Å². The van der Waals surface area contributed by atoms with E-state index in [9.17, 15) is 24.9 Å². The minimum absolute atomic E-state index is 0.0981.